The first-order valence-corrected chi connectivity index (χ1v) is 10.8. The Morgan fingerprint density at radius 3 is 2.52 bits per heavy atom. The van der Waals surface area contributed by atoms with Gasteiger partial charge in [0, 0.05) is 16.9 Å². The molecule has 1 aliphatic heterocycles. The Morgan fingerprint density at radius 1 is 1.00 bits per heavy atom. The zero-order valence-electron chi connectivity index (χ0n) is 18.4. The maximum absolute atomic E-state index is 13.0. The van der Waals surface area contributed by atoms with E-state index in [0.29, 0.717) is 22.9 Å². The Balaban J connectivity index is 1.70. The van der Waals surface area contributed by atoms with Crippen molar-refractivity contribution < 1.29 is 4.74 Å². The normalized spacial score (nSPS) is 17.7. The van der Waals surface area contributed by atoms with Gasteiger partial charge in [-0.2, -0.15) is 0 Å². The van der Waals surface area contributed by atoms with E-state index in [0.717, 1.165) is 46.3 Å². The third-order valence-corrected chi connectivity index (χ3v) is 6.51. The van der Waals surface area contributed by atoms with Crippen molar-refractivity contribution in [3.05, 3.63) is 79.5 Å². The van der Waals surface area contributed by atoms with Crippen LogP contribution in [0.15, 0.2) is 40.2 Å². The largest absolute Gasteiger partial charge is 0.497 e. The van der Waals surface area contributed by atoms with E-state index in [2.05, 4.69) is 39.1 Å². The highest BCUT2D eigenvalue weighted by Crippen LogP contribution is 2.47. The minimum atomic E-state index is -0.573. The number of aromatic nitrogens is 5. The summed E-state index contributed by atoms with van der Waals surface area (Å²) in [6.07, 6.45) is 3.19. The molecule has 9 heteroatoms. The van der Waals surface area contributed by atoms with Crippen molar-refractivity contribution in [1.29, 1.82) is 0 Å². The number of pyridine rings is 1. The van der Waals surface area contributed by atoms with Crippen LogP contribution in [-0.4, -0.2) is 32.0 Å². The van der Waals surface area contributed by atoms with Gasteiger partial charge in [0.2, 0.25) is 0 Å². The summed E-state index contributed by atoms with van der Waals surface area (Å²) >= 11 is 0. The molecule has 0 saturated carbocycles. The van der Waals surface area contributed by atoms with Gasteiger partial charge >= 0.3 is 5.69 Å². The van der Waals surface area contributed by atoms with Gasteiger partial charge in [-0.25, -0.2) is 19.7 Å². The zero-order chi connectivity index (χ0) is 22.9. The monoisotopic (exact) mass is 442 g/mol. The maximum Gasteiger partial charge on any atom is 0.327 e. The first-order chi connectivity index (χ1) is 15.8. The minimum absolute atomic E-state index is 0.0168. The standard InChI is InChI=1S/C24H22N6O3/c1-24(2)8-13-16-14(9-24)27-20-17(19(16)26-10-25-13)15(11-4-6-12(33-3)7-5-11)18-21(28-20)29-23(32)30-22(18)31/h4-7,10,15H,8-9H2,1-3H3,(H3,27,28,29,30,31,32). The molecule has 33 heavy (non-hydrogen) atoms. The van der Waals surface area contributed by atoms with Gasteiger partial charge in [0.05, 0.1) is 29.6 Å². The van der Waals surface area contributed by atoms with Crippen molar-refractivity contribution in [1.82, 2.24) is 24.9 Å². The quantitative estimate of drug-likeness (QED) is 0.384. The van der Waals surface area contributed by atoms with Gasteiger partial charge in [0.1, 0.15) is 23.7 Å². The number of hydrogen-bond donors (Lipinski definition) is 3. The first-order valence-electron chi connectivity index (χ1n) is 10.8. The highest BCUT2D eigenvalue weighted by Gasteiger charge is 2.37. The molecular formula is C24H22N6O3. The Bertz CT molecular complexity index is 1550. The van der Waals surface area contributed by atoms with Crippen molar-refractivity contribution in [2.45, 2.75) is 32.6 Å². The Kier molecular flexibility index (Phi) is 4.02. The summed E-state index contributed by atoms with van der Waals surface area (Å²) < 4.78 is 5.32. The van der Waals surface area contributed by atoms with E-state index in [1.165, 1.54) is 0 Å². The van der Waals surface area contributed by atoms with Crippen LogP contribution >= 0.6 is 0 Å². The van der Waals surface area contributed by atoms with Gasteiger partial charge in [-0.3, -0.25) is 14.8 Å². The molecule has 2 aliphatic rings. The Hall–Kier alpha value is -4.01. The van der Waals surface area contributed by atoms with Crippen LogP contribution in [0.4, 0.5) is 11.6 Å². The second kappa shape index (κ2) is 6.74. The predicted molar refractivity (Wildman–Crippen MR) is 123 cm³/mol. The molecule has 0 amide bonds. The van der Waals surface area contributed by atoms with Crippen LogP contribution in [0.2, 0.25) is 0 Å². The van der Waals surface area contributed by atoms with Gasteiger partial charge in [-0.1, -0.05) is 26.0 Å². The average Bonchev–Trinajstić information content (AvgIpc) is 2.76. The summed E-state index contributed by atoms with van der Waals surface area (Å²) in [5, 5.41) is 4.17. The molecule has 0 bridgehead atoms. The summed E-state index contributed by atoms with van der Waals surface area (Å²) in [5.74, 6) is 1.17. The van der Waals surface area contributed by atoms with E-state index in [1.54, 1.807) is 13.4 Å². The van der Waals surface area contributed by atoms with Gasteiger partial charge in [0.25, 0.3) is 5.56 Å². The molecular weight excluding hydrogens is 420 g/mol. The molecule has 0 fully saturated rings. The van der Waals surface area contributed by atoms with Crippen LogP contribution < -0.4 is 21.3 Å². The molecule has 0 radical (unpaired) electrons. The number of methoxy groups -OCH3 is 1. The molecule has 4 heterocycles. The maximum atomic E-state index is 13.0. The lowest BCUT2D eigenvalue weighted by Gasteiger charge is -2.33. The number of hydrogen-bond acceptors (Lipinski definition) is 7. The van der Waals surface area contributed by atoms with E-state index in [1.807, 2.05) is 24.3 Å². The second-order valence-corrected chi connectivity index (χ2v) is 9.41. The molecule has 1 aromatic carbocycles. The highest BCUT2D eigenvalue weighted by molar-refractivity contribution is 5.93. The summed E-state index contributed by atoms with van der Waals surface area (Å²) in [6.45, 7) is 4.40. The van der Waals surface area contributed by atoms with E-state index in [9.17, 15) is 9.59 Å². The first kappa shape index (κ1) is 19.7. The average molecular weight is 442 g/mol. The number of H-pyrrole nitrogens is 2. The van der Waals surface area contributed by atoms with E-state index in [4.69, 9.17) is 9.72 Å². The van der Waals surface area contributed by atoms with Crippen molar-refractivity contribution in [3.63, 3.8) is 0 Å². The predicted octanol–water partition coefficient (Wildman–Crippen LogP) is 2.77. The summed E-state index contributed by atoms with van der Waals surface area (Å²) in [5.41, 5.74) is 3.74. The number of fused-ring (bicyclic) bond motifs is 3. The summed E-state index contributed by atoms with van der Waals surface area (Å²) in [4.78, 5) is 44.4. The molecule has 9 nitrogen and oxygen atoms in total. The van der Waals surface area contributed by atoms with Crippen molar-refractivity contribution in [3.8, 4) is 5.75 Å². The molecule has 166 valence electrons. The van der Waals surface area contributed by atoms with Crippen LogP contribution in [0.1, 0.15) is 47.8 Å². The number of benzene rings is 1. The highest BCUT2D eigenvalue weighted by atomic mass is 16.5. The van der Waals surface area contributed by atoms with Gasteiger partial charge < -0.3 is 10.1 Å². The number of aromatic amines is 2. The van der Waals surface area contributed by atoms with E-state index >= 15 is 0 Å². The molecule has 1 atom stereocenters. The van der Waals surface area contributed by atoms with Gasteiger partial charge in [0.15, 0.2) is 0 Å². The van der Waals surface area contributed by atoms with Crippen molar-refractivity contribution in [2.75, 3.05) is 12.4 Å². The molecule has 3 N–H and O–H groups in total. The summed E-state index contributed by atoms with van der Waals surface area (Å²) in [6, 6.07) is 7.55. The topological polar surface area (TPSA) is 126 Å². The molecule has 0 saturated heterocycles. The third kappa shape index (κ3) is 2.95. The van der Waals surface area contributed by atoms with Crippen molar-refractivity contribution >= 4 is 22.5 Å². The Morgan fingerprint density at radius 2 is 1.76 bits per heavy atom. The van der Waals surface area contributed by atoms with Gasteiger partial charge in [-0.05, 0) is 36.0 Å². The lowest BCUT2D eigenvalue weighted by atomic mass is 9.75. The molecule has 6 rings (SSSR count). The van der Waals surface area contributed by atoms with Crippen LogP contribution in [0, 0.1) is 5.41 Å². The SMILES string of the molecule is COc1ccc(C2c3c([nH]c(=O)[nH]c3=O)Nc3nc4c5c(ncnc5c32)CC(C)(C)C4)cc1. The smallest absolute Gasteiger partial charge is 0.327 e. The zero-order valence-corrected chi connectivity index (χ0v) is 18.4. The molecule has 3 aromatic heterocycles. The van der Waals surface area contributed by atoms with Crippen molar-refractivity contribution in [2.24, 2.45) is 5.41 Å². The van der Waals surface area contributed by atoms with Crippen LogP contribution in [0.5, 0.6) is 5.75 Å². The number of nitrogens with zero attached hydrogens (tertiary/aromatic N) is 3. The molecule has 0 spiro atoms. The Labute approximate surface area is 188 Å². The van der Waals surface area contributed by atoms with Crippen LogP contribution in [0.3, 0.4) is 0 Å². The van der Waals surface area contributed by atoms with Gasteiger partial charge in [-0.15, -0.1) is 0 Å². The van der Waals surface area contributed by atoms with Crippen LogP contribution in [-0.2, 0) is 12.8 Å². The number of nitrogens with one attached hydrogen (secondary N) is 3. The molecule has 4 aromatic rings. The number of ether oxygens (including phenoxy) is 1. The van der Waals surface area contributed by atoms with E-state index in [-0.39, 0.29) is 5.41 Å². The summed E-state index contributed by atoms with van der Waals surface area (Å²) in [7, 11) is 1.61. The number of rotatable bonds is 2. The lowest BCUT2D eigenvalue weighted by Crippen LogP contribution is -2.33. The molecule has 1 unspecified atom stereocenters. The second-order valence-electron chi connectivity index (χ2n) is 9.41. The lowest BCUT2D eigenvalue weighted by molar-refractivity contribution is 0.347. The molecule has 1 aliphatic carbocycles. The fourth-order valence-corrected chi connectivity index (χ4v) is 5.16. The minimum Gasteiger partial charge on any atom is -0.497 e. The fraction of sp³-hybridized carbons (Fsp3) is 0.292. The number of anilines is 2. The van der Waals surface area contributed by atoms with Crippen LogP contribution in [0.25, 0.3) is 10.9 Å². The fourth-order valence-electron chi connectivity index (χ4n) is 5.16. The third-order valence-electron chi connectivity index (χ3n) is 6.51. The van der Waals surface area contributed by atoms with E-state index < -0.39 is 17.2 Å².